The molecular formula is C20H23ClN2O. The largest absolute Gasteiger partial charge is 0.387 e. The van der Waals surface area contributed by atoms with Gasteiger partial charge in [-0.2, -0.15) is 0 Å². The van der Waals surface area contributed by atoms with Gasteiger partial charge in [-0.15, -0.1) is 0 Å². The summed E-state index contributed by atoms with van der Waals surface area (Å²) in [5.74, 6) is 0. The predicted octanol–water partition coefficient (Wildman–Crippen LogP) is 4.47. The van der Waals surface area contributed by atoms with Crippen molar-refractivity contribution >= 4 is 22.5 Å². The Morgan fingerprint density at radius 3 is 2.75 bits per heavy atom. The van der Waals surface area contributed by atoms with E-state index in [1.165, 1.54) is 10.9 Å². The third-order valence-electron chi connectivity index (χ3n) is 4.31. The Bertz CT molecular complexity index is 825. The Hall–Kier alpha value is -1.81. The van der Waals surface area contributed by atoms with Gasteiger partial charge in [0.25, 0.3) is 0 Å². The molecule has 0 saturated carbocycles. The lowest BCUT2D eigenvalue weighted by Crippen LogP contribution is -2.43. The molecule has 2 aromatic carbocycles. The van der Waals surface area contributed by atoms with Crippen LogP contribution in [0.15, 0.2) is 54.7 Å². The molecule has 24 heavy (non-hydrogen) atoms. The molecule has 0 aliphatic heterocycles. The van der Waals surface area contributed by atoms with Gasteiger partial charge in [-0.3, -0.25) is 0 Å². The summed E-state index contributed by atoms with van der Waals surface area (Å²) < 4.78 is 0. The van der Waals surface area contributed by atoms with Crippen molar-refractivity contribution in [3.05, 3.63) is 70.9 Å². The van der Waals surface area contributed by atoms with Gasteiger partial charge >= 0.3 is 0 Å². The van der Waals surface area contributed by atoms with E-state index in [-0.39, 0.29) is 5.54 Å². The standard InChI is InChI=1S/C20H23ClN2O/c1-20(2,11-15-12-22-18-9-4-3-8-17(15)18)23-13-19(24)14-6-5-7-16(21)10-14/h3-10,12,19,22-24H,11,13H2,1-2H3. The highest BCUT2D eigenvalue weighted by Gasteiger charge is 2.21. The van der Waals surface area contributed by atoms with Gasteiger partial charge in [0.15, 0.2) is 0 Å². The van der Waals surface area contributed by atoms with E-state index in [9.17, 15) is 5.11 Å². The summed E-state index contributed by atoms with van der Waals surface area (Å²) in [6.45, 7) is 4.79. The number of para-hydroxylation sites is 1. The van der Waals surface area contributed by atoms with Crippen LogP contribution in [0.3, 0.4) is 0 Å². The molecule has 3 aromatic rings. The average molecular weight is 343 g/mol. The summed E-state index contributed by atoms with van der Waals surface area (Å²) in [4.78, 5) is 3.32. The van der Waals surface area contributed by atoms with Gasteiger partial charge in [0.1, 0.15) is 0 Å². The highest BCUT2D eigenvalue weighted by atomic mass is 35.5. The second-order valence-electron chi connectivity index (χ2n) is 6.87. The molecule has 1 aromatic heterocycles. The minimum absolute atomic E-state index is 0.134. The Morgan fingerprint density at radius 2 is 1.96 bits per heavy atom. The first-order chi connectivity index (χ1) is 11.4. The molecule has 4 heteroatoms. The van der Waals surface area contributed by atoms with E-state index in [0.29, 0.717) is 11.6 Å². The van der Waals surface area contributed by atoms with Gasteiger partial charge in [0.2, 0.25) is 0 Å². The van der Waals surface area contributed by atoms with Gasteiger partial charge in [-0.25, -0.2) is 0 Å². The van der Waals surface area contributed by atoms with Crippen molar-refractivity contribution in [2.24, 2.45) is 0 Å². The molecule has 0 spiro atoms. The highest BCUT2D eigenvalue weighted by molar-refractivity contribution is 6.30. The summed E-state index contributed by atoms with van der Waals surface area (Å²) in [5, 5.41) is 15.7. The fraction of sp³-hybridized carbons (Fsp3) is 0.300. The number of nitrogens with one attached hydrogen (secondary N) is 2. The molecule has 0 aliphatic carbocycles. The smallest absolute Gasteiger partial charge is 0.0915 e. The van der Waals surface area contributed by atoms with Gasteiger partial charge < -0.3 is 15.4 Å². The maximum Gasteiger partial charge on any atom is 0.0915 e. The van der Waals surface area contributed by atoms with Gasteiger partial charge in [0, 0.05) is 34.2 Å². The van der Waals surface area contributed by atoms with Crippen LogP contribution in [0.25, 0.3) is 10.9 Å². The summed E-state index contributed by atoms with van der Waals surface area (Å²) >= 11 is 5.99. The monoisotopic (exact) mass is 342 g/mol. The summed E-state index contributed by atoms with van der Waals surface area (Å²) in [6.07, 6.45) is 2.37. The second-order valence-corrected chi connectivity index (χ2v) is 7.31. The molecule has 3 nitrogen and oxygen atoms in total. The molecule has 1 heterocycles. The molecule has 0 amide bonds. The number of aromatic nitrogens is 1. The van der Waals surface area contributed by atoms with Crippen molar-refractivity contribution in [1.29, 1.82) is 0 Å². The minimum atomic E-state index is -0.578. The van der Waals surface area contributed by atoms with E-state index < -0.39 is 6.10 Å². The van der Waals surface area contributed by atoms with Crippen molar-refractivity contribution in [2.75, 3.05) is 6.54 Å². The van der Waals surface area contributed by atoms with E-state index in [2.05, 4.69) is 48.5 Å². The van der Waals surface area contributed by atoms with Gasteiger partial charge in [0.05, 0.1) is 6.10 Å². The SMILES string of the molecule is CC(C)(Cc1c[nH]c2ccccc12)NCC(O)c1cccc(Cl)c1. The van der Waals surface area contributed by atoms with Crippen molar-refractivity contribution in [3.63, 3.8) is 0 Å². The molecule has 1 unspecified atom stereocenters. The second kappa shape index (κ2) is 6.98. The number of β-amino-alcohol motifs (C(OH)–C–C–N with tert-alkyl or cyclic N) is 1. The van der Waals surface area contributed by atoms with E-state index in [0.717, 1.165) is 17.5 Å². The number of halogens is 1. The number of aromatic amines is 1. The number of H-pyrrole nitrogens is 1. The normalized spacial score (nSPS) is 13.3. The van der Waals surface area contributed by atoms with Crippen LogP contribution in [0.2, 0.25) is 5.02 Å². The first-order valence-corrected chi connectivity index (χ1v) is 8.56. The number of fused-ring (bicyclic) bond motifs is 1. The molecule has 1 atom stereocenters. The van der Waals surface area contributed by atoms with Crippen LogP contribution in [0.4, 0.5) is 0 Å². The molecule has 3 N–H and O–H groups in total. The van der Waals surface area contributed by atoms with Crippen LogP contribution < -0.4 is 5.32 Å². The van der Waals surface area contributed by atoms with Gasteiger partial charge in [-0.1, -0.05) is 41.9 Å². The first kappa shape index (κ1) is 17.0. The maximum atomic E-state index is 10.4. The highest BCUT2D eigenvalue weighted by Crippen LogP contribution is 2.23. The fourth-order valence-corrected chi connectivity index (χ4v) is 3.22. The third kappa shape index (κ3) is 3.99. The van der Waals surface area contributed by atoms with Crippen LogP contribution in [-0.2, 0) is 6.42 Å². The van der Waals surface area contributed by atoms with Crippen molar-refractivity contribution in [1.82, 2.24) is 10.3 Å². The summed E-state index contributed by atoms with van der Waals surface area (Å²) in [7, 11) is 0. The lowest BCUT2D eigenvalue weighted by molar-refractivity contribution is 0.161. The summed E-state index contributed by atoms with van der Waals surface area (Å²) in [5.41, 5.74) is 3.13. The Labute approximate surface area is 147 Å². The van der Waals surface area contributed by atoms with E-state index in [1.807, 2.05) is 24.3 Å². The molecule has 0 fully saturated rings. The zero-order chi connectivity index (χ0) is 17.2. The van der Waals surface area contributed by atoms with Crippen LogP contribution >= 0.6 is 11.6 Å². The molecule has 0 aliphatic rings. The number of aliphatic hydroxyl groups excluding tert-OH is 1. The third-order valence-corrected chi connectivity index (χ3v) is 4.55. The zero-order valence-corrected chi connectivity index (χ0v) is 14.8. The fourth-order valence-electron chi connectivity index (χ4n) is 3.02. The Morgan fingerprint density at radius 1 is 1.17 bits per heavy atom. The van der Waals surface area contributed by atoms with E-state index in [1.54, 1.807) is 6.07 Å². The molecule has 0 saturated heterocycles. The minimum Gasteiger partial charge on any atom is -0.387 e. The molecular weight excluding hydrogens is 320 g/mol. The van der Waals surface area contributed by atoms with Crippen LogP contribution in [0.1, 0.15) is 31.1 Å². The number of benzene rings is 2. The summed E-state index contributed by atoms with van der Waals surface area (Å²) in [6, 6.07) is 15.7. The maximum absolute atomic E-state index is 10.4. The van der Waals surface area contributed by atoms with Crippen molar-refractivity contribution in [3.8, 4) is 0 Å². The van der Waals surface area contributed by atoms with E-state index in [4.69, 9.17) is 11.6 Å². The van der Waals surface area contributed by atoms with E-state index >= 15 is 0 Å². The van der Waals surface area contributed by atoms with Gasteiger partial charge in [-0.05, 0) is 49.6 Å². The number of rotatable bonds is 6. The molecule has 0 bridgehead atoms. The van der Waals surface area contributed by atoms with Crippen molar-refractivity contribution in [2.45, 2.75) is 31.9 Å². The lowest BCUT2D eigenvalue weighted by Gasteiger charge is -2.28. The molecule has 126 valence electrons. The van der Waals surface area contributed by atoms with Crippen LogP contribution in [0, 0.1) is 0 Å². The topological polar surface area (TPSA) is 48.0 Å². The number of aliphatic hydroxyl groups is 1. The number of hydrogen-bond donors (Lipinski definition) is 3. The quantitative estimate of drug-likeness (QED) is 0.619. The number of hydrogen-bond acceptors (Lipinski definition) is 2. The van der Waals surface area contributed by atoms with Crippen molar-refractivity contribution < 1.29 is 5.11 Å². The lowest BCUT2D eigenvalue weighted by atomic mass is 9.94. The first-order valence-electron chi connectivity index (χ1n) is 8.18. The molecule has 0 radical (unpaired) electrons. The van der Waals surface area contributed by atoms with Crippen LogP contribution in [-0.4, -0.2) is 22.2 Å². The molecule has 3 rings (SSSR count). The zero-order valence-electron chi connectivity index (χ0n) is 14.0. The predicted molar refractivity (Wildman–Crippen MR) is 100 cm³/mol. The Balaban J connectivity index is 1.65. The Kier molecular flexibility index (Phi) is 4.95. The van der Waals surface area contributed by atoms with Crippen LogP contribution in [0.5, 0.6) is 0 Å². The average Bonchev–Trinajstić information content (AvgIpc) is 2.95.